The lowest BCUT2D eigenvalue weighted by molar-refractivity contribution is 0.340. The maximum absolute atomic E-state index is 13.6. The van der Waals surface area contributed by atoms with Crippen LogP contribution in [0.3, 0.4) is 0 Å². The van der Waals surface area contributed by atoms with Crippen molar-refractivity contribution in [3.63, 3.8) is 0 Å². The Morgan fingerprint density at radius 3 is 2.85 bits per heavy atom. The molecule has 102 valence electrons. The summed E-state index contributed by atoms with van der Waals surface area (Å²) in [4.78, 5) is 0. The van der Waals surface area contributed by atoms with Gasteiger partial charge >= 0.3 is 0 Å². The molecule has 0 atom stereocenters. The zero-order valence-electron chi connectivity index (χ0n) is 11.2. The summed E-state index contributed by atoms with van der Waals surface area (Å²) in [7, 11) is 0. The van der Waals surface area contributed by atoms with Gasteiger partial charge in [-0.2, -0.15) is 5.26 Å². The van der Waals surface area contributed by atoms with E-state index in [9.17, 15) is 4.39 Å². The third kappa shape index (κ3) is 3.48. The third-order valence-electron chi connectivity index (χ3n) is 2.80. The fraction of sp³-hybridized carbons (Fsp3) is 0.188. The number of nitriles is 1. The predicted molar refractivity (Wildman–Crippen MR) is 76.1 cm³/mol. The zero-order valence-corrected chi connectivity index (χ0v) is 11.2. The van der Waals surface area contributed by atoms with Crippen LogP contribution in [0.15, 0.2) is 42.5 Å². The van der Waals surface area contributed by atoms with Gasteiger partial charge in [0.15, 0.2) is 0 Å². The molecule has 2 rings (SSSR count). The Bertz CT molecular complexity index is 635. The minimum absolute atomic E-state index is 0.316. The van der Waals surface area contributed by atoms with Crippen molar-refractivity contribution < 1.29 is 9.13 Å². The number of hydrogen-bond donors (Lipinski definition) is 1. The molecule has 0 heterocycles. The van der Waals surface area contributed by atoms with E-state index in [-0.39, 0.29) is 5.82 Å². The van der Waals surface area contributed by atoms with E-state index < -0.39 is 0 Å². The number of halogens is 1. The van der Waals surface area contributed by atoms with Crippen molar-refractivity contribution in [1.82, 2.24) is 0 Å². The van der Waals surface area contributed by atoms with E-state index in [4.69, 9.17) is 10.00 Å². The Labute approximate surface area is 117 Å². The highest BCUT2D eigenvalue weighted by Crippen LogP contribution is 2.19. The largest absolute Gasteiger partial charge is 0.494 e. The van der Waals surface area contributed by atoms with Crippen LogP contribution >= 0.6 is 0 Å². The van der Waals surface area contributed by atoms with Gasteiger partial charge in [0.05, 0.1) is 18.2 Å². The zero-order chi connectivity index (χ0) is 14.4. The molecule has 4 heteroatoms. The first-order valence-corrected chi connectivity index (χ1v) is 6.38. The number of rotatable bonds is 5. The highest BCUT2D eigenvalue weighted by molar-refractivity contribution is 5.49. The van der Waals surface area contributed by atoms with Crippen LogP contribution in [0.25, 0.3) is 0 Å². The van der Waals surface area contributed by atoms with Crippen LogP contribution in [-0.2, 0) is 6.54 Å². The Morgan fingerprint density at radius 1 is 1.25 bits per heavy atom. The maximum Gasteiger partial charge on any atom is 0.128 e. The van der Waals surface area contributed by atoms with Gasteiger partial charge in [-0.3, -0.25) is 0 Å². The van der Waals surface area contributed by atoms with Gasteiger partial charge in [-0.05, 0) is 37.3 Å². The summed E-state index contributed by atoms with van der Waals surface area (Å²) in [5.41, 5.74) is 1.76. The van der Waals surface area contributed by atoms with E-state index in [1.807, 2.05) is 37.3 Å². The molecule has 0 spiro atoms. The van der Waals surface area contributed by atoms with Crippen molar-refractivity contribution in [3.8, 4) is 11.8 Å². The van der Waals surface area contributed by atoms with E-state index >= 15 is 0 Å². The first-order valence-electron chi connectivity index (χ1n) is 6.38. The minimum atomic E-state index is -0.322. The Morgan fingerprint density at radius 2 is 2.10 bits per heavy atom. The Balaban J connectivity index is 2.09. The van der Waals surface area contributed by atoms with Gasteiger partial charge < -0.3 is 10.1 Å². The van der Waals surface area contributed by atoms with Crippen molar-refractivity contribution in [1.29, 1.82) is 5.26 Å². The first-order chi connectivity index (χ1) is 9.72. The molecule has 3 nitrogen and oxygen atoms in total. The molecule has 20 heavy (non-hydrogen) atoms. The SMILES string of the molecule is CCOc1cccc(NCc2cc(C#N)ccc2F)c1. The molecule has 2 aromatic rings. The van der Waals surface area contributed by atoms with Gasteiger partial charge in [0, 0.05) is 23.9 Å². The molecule has 0 aliphatic heterocycles. The van der Waals surface area contributed by atoms with Crippen LogP contribution in [0.2, 0.25) is 0 Å². The second-order valence-corrected chi connectivity index (χ2v) is 4.23. The quantitative estimate of drug-likeness (QED) is 0.900. The molecule has 0 saturated heterocycles. The van der Waals surface area contributed by atoms with Crippen molar-refractivity contribution in [3.05, 3.63) is 59.4 Å². The van der Waals surface area contributed by atoms with Crippen LogP contribution in [0.5, 0.6) is 5.75 Å². The molecule has 0 aliphatic carbocycles. The third-order valence-corrected chi connectivity index (χ3v) is 2.80. The van der Waals surface area contributed by atoms with Crippen molar-refractivity contribution in [2.45, 2.75) is 13.5 Å². The van der Waals surface area contributed by atoms with Crippen molar-refractivity contribution in [2.24, 2.45) is 0 Å². The van der Waals surface area contributed by atoms with Gasteiger partial charge in [0.25, 0.3) is 0 Å². The second-order valence-electron chi connectivity index (χ2n) is 4.23. The van der Waals surface area contributed by atoms with E-state index in [0.717, 1.165) is 11.4 Å². The summed E-state index contributed by atoms with van der Waals surface area (Å²) in [6, 6.07) is 13.8. The van der Waals surface area contributed by atoms with Gasteiger partial charge in [-0.25, -0.2) is 4.39 Å². The van der Waals surface area contributed by atoms with Crippen molar-refractivity contribution >= 4 is 5.69 Å². The molecular weight excluding hydrogens is 255 g/mol. The van der Waals surface area contributed by atoms with Crippen LogP contribution in [0.1, 0.15) is 18.1 Å². The molecule has 0 fully saturated rings. The molecule has 0 unspecified atom stereocenters. The van der Waals surface area contributed by atoms with Crippen LogP contribution in [0.4, 0.5) is 10.1 Å². The Hall–Kier alpha value is -2.54. The summed E-state index contributed by atoms with van der Waals surface area (Å²) < 4.78 is 19.0. The van der Waals surface area contributed by atoms with Gasteiger partial charge in [-0.1, -0.05) is 6.07 Å². The van der Waals surface area contributed by atoms with E-state index in [0.29, 0.717) is 24.3 Å². The molecule has 0 saturated carbocycles. The maximum atomic E-state index is 13.6. The van der Waals surface area contributed by atoms with Gasteiger partial charge in [0.2, 0.25) is 0 Å². The van der Waals surface area contributed by atoms with Gasteiger partial charge in [0.1, 0.15) is 11.6 Å². The average Bonchev–Trinajstić information content (AvgIpc) is 2.47. The summed E-state index contributed by atoms with van der Waals surface area (Å²) in [5, 5.41) is 11.9. The van der Waals surface area contributed by atoms with Crippen LogP contribution in [0, 0.1) is 17.1 Å². The summed E-state index contributed by atoms with van der Waals surface area (Å²) in [6.07, 6.45) is 0. The molecular formula is C16H15FN2O. The smallest absolute Gasteiger partial charge is 0.128 e. The second kappa shape index (κ2) is 6.58. The number of benzene rings is 2. The van der Waals surface area contributed by atoms with E-state index in [1.54, 1.807) is 6.07 Å². The number of ether oxygens (including phenoxy) is 1. The monoisotopic (exact) mass is 270 g/mol. The van der Waals surface area contributed by atoms with E-state index in [2.05, 4.69) is 5.32 Å². The summed E-state index contributed by atoms with van der Waals surface area (Å²) >= 11 is 0. The lowest BCUT2D eigenvalue weighted by Gasteiger charge is -2.09. The topological polar surface area (TPSA) is 45.0 Å². The number of hydrogen-bond acceptors (Lipinski definition) is 3. The first kappa shape index (κ1) is 13.9. The molecule has 0 aliphatic rings. The highest BCUT2D eigenvalue weighted by Gasteiger charge is 2.04. The number of nitrogens with zero attached hydrogens (tertiary/aromatic N) is 1. The van der Waals surface area contributed by atoms with Gasteiger partial charge in [-0.15, -0.1) is 0 Å². The fourth-order valence-electron chi connectivity index (χ4n) is 1.84. The van der Waals surface area contributed by atoms with Crippen molar-refractivity contribution in [2.75, 3.05) is 11.9 Å². The Kier molecular flexibility index (Phi) is 4.56. The molecule has 0 bridgehead atoms. The lowest BCUT2D eigenvalue weighted by atomic mass is 10.1. The lowest BCUT2D eigenvalue weighted by Crippen LogP contribution is -2.02. The molecule has 1 N–H and O–H groups in total. The predicted octanol–water partition coefficient (Wildman–Crippen LogP) is 3.71. The fourth-order valence-corrected chi connectivity index (χ4v) is 1.84. The highest BCUT2D eigenvalue weighted by atomic mass is 19.1. The number of anilines is 1. The van der Waals surface area contributed by atoms with Crippen LogP contribution in [-0.4, -0.2) is 6.61 Å². The normalized spacial score (nSPS) is 9.85. The molecule has 0 amide bonds. The minimum Gasteiger partial charge on any atom is -0.494 e. The molecule has 0 aromatic heterocycles. The number of nitrogens with one attached hydrogen (secondary N) is 1. The van der Waals surface area contributed by atoms with E-state index in [1.165, 1.54) is 12.1 Å². The summed E-state index contributed by atoms with van der Waals surface area (Å²) in [6.45, 7) is 2.84. The molecule has 0 radical (unpaired) electrons. The standard InChI is InChI=1S/C16H15FN2O/c1-2-20-15-5-3-4-14(9-15)19-11-13-8-12(10-18)6-7-16(13)17/h3-9,19H,2,11H2,1H3. The molecule has 2 aromatic carbocycles. The summed E-state index contributed by atoms with van der Waals surface area (Å²) in [5.74, 6) is 0.446. The average molecular weight is 270 g/mol. The van der Waals surface area contributed by atoms with Crippen LogP contribution < -0.4 is 10.1 Å².